The van der Waals surface area contributed by atoms with E-state index in [1.807, 2.05) is 36.7 Å². The van der Waals surface area contributed by atoms with Crippen molar-refractivity contribution in [1.82, 2.24) is 14.5 Å². The van der Waals surface area contributed by atoms with E-state index in [0.717, 1.165) is 33.8 Å². The smallest absolute Gasteiger partial charge is 0.137 e. The van der Waals surface area contributed by atoms with Crippen molar-refractivity contribution < 1.29 is 0 Å². The maximum absolute atomic E-state index is 4.74. The summed E-state index contributed by atoms with van der Waals surface area (Å²) in [5.74, 6) is 0.911. The molecule has 0 spiro atoms. The van der Waals surface area contributed by atoms with Crippen LogP contribution in [0, 0.1) is 0 Å². The zero-order chi connectivity index (χ0) is 27.6. The number of anilines is 3. The van der Waals surface area contributed by atoms with Gasteiger partial charge >= 0.3 is 0 Å². The highest BCUT2D eigenvalue weighted by molar-refractivity contribution is 6.10. The molecule has 196 valence electrons. The average molecular weight is 529 g/mol. The molecule has 0 unspecified atom stereocenters. The van der Waals surface area contributed by atoms with Crippen LogP contribution in [0.5, 0.6) is 0 Å². The van der Waals surface area contributed by atoms with E-state index in [-0.39, 0.29) is 5.41 Å². The molecule has 4 heterocycles. The molecule has 1 aliphatic rings. The van der Waals surface area contributed by atoms with Crippen LogP contribution in [-0.4, -0.2) is 14.5 Å². The largest absolute Gasteiger partial charge is 0.310 e. The summed E-state index contributed by atoms with van der Waals surface area (Å²) < 4.78 is 2.28. The van der Waals surface area contributed by atoms with Gasteiger partial charge in [0.15, 0.2) is 0 Å². The van der Waals surface area contributed by atoms with Gasteiger partial charge in [-0.15, -0.1) is 0 Å². The lowest BCUT2D eigenvalue weighted by molar-refractivity contribution is 0.632. The predicted molar refractivity (Wildman–Crippen MR) is 169 cm³/mol. The molecule has 7 aromatic rings. The van der Waals surface area contributed by atoms with Crippen molar-refractivity contribution in [3.8, 4) is 17.1 Å². The number of hydrogen-bond acceptors (Lipinski definition) is 3. The molecule has 8 rings (SSSR count). The number of rotatable bonds is 3. The normalized spacial score (nSPS) is 13.8. The van der Waals surface area contributed by atoms with Gasteiger partial charge < -0.3 is 4.90 Å². The Hall–Kier alpha value is -5.22. The molecule has 0 saturated carbocycles. The Morgan fingerprint density at radius 3 is 2.12 bits per heavy atom. The number of pyridine rings is 2. The van der Waals surface area contributed by atoms with E-state index in [1.165, 1.54) is 33.3 Å². The molecule has 4 nitrogen and oxygen atoms in total. The first-order chi connectivity index (χ1) is 20.1. The lowest BCUT2D eigenvalue weighted by Gasteiger charge is -2.42. The minimum atomic E-state index is -0.155. The van der Waals surface area contributed by atoms with Crippen LogP contribution >= 0.6 is 0 Å². The Labute approximate surface area is 239 Å². The van der Waals surface area contributed by atoms with Crippen LogP contribution < -0.4 is 4.90 Å². The molecule has 0 aliphatic carbocycles. The zero-order valence-electron chi connectivity index (χ0n) is 23.0. The monoisotopic (exact) mass is 528 g/mol. The van der Waals surface area contributed by atoms with Gasteiger partial charge in [-0.2, -0.15) is 0 Å². The quantitative estimate of drug-likeness (QED) is 0.229. The zero-order valence-corrected chi connectivity index (χ0v) is 23.0. The molecule has 0 amide bonds. The van der Waals surface area contributed by atoms with E-state index >= 15 is 0 Å². The topological polar surface area (TPSA) is 34.0 Å². The minimum absolute atomic E-state index is 0.155. The lowest BCUT2D eigenvalue weighted by Crippen LogP contribution is -2.30. The molecule has 0 bridgehead atoms. The number of hydrogen-bond donors (Lipinski definition) is 0. The molecule has 0 atom stereocenters. The molecular formula is C37H28N4. The molecule has 41 heavy (non-hydrogen) atoms. The van der Waals surface area contributed by atoms with Crippen molar-refractivity contribution in [3.63, 3.8) is 0 Å². The molecule has 4 heteroatoms. The summed E-state index contributed by atoms with van der Waals surface area (Å²) in [5, 5.41) is 2.43. The predicted octanol–water partition coefficient (Wildman–Crippen LogP) is 9.35. The van der Waals surface area contributed by atoms with Gasteiger partial charge in [-0.25, -0.2) is 4.98 Å². The number of fused-ring (bicyclic) bond motifs is 5. The highest BCUT2D eigenvalue weighted by atomic mass is 15.2. The van der Waals surface area contributed by atoms with E-state index in [0.29, 0.717) is 0 Å². The Balaban J connectivity index is 1.42. The lowest BCUT2D eigenvalue weighted by atomic mass is 9.73. The van der Waals surface area contributed by atoms with E-state index in [4.69, 9.17) is 4.98 Å². The van der Waals surface area contributed by atoms with Gasteiger partial charge in [0.05, 0.1) is 28.1 Å². The summed E-state index contributed by atoms with van der Waals surface area (Å²) in [7, 11) is 0. The second kappa shape index (κ2) is 8.90. The molecule has 0 radical (unpaired) electrons. The Morgan fingerprint density at radius 2 is 1.29 bits per heavy atom. The Bertz CT molecular complexity index is 2070. The Morgan fingerprint density at radius 1 is 0.561 bits per heavy atom. The van der Waals surface area contributed by atoms with E-state index in [2.05, 4.69) is 125 Å². The third-order valence-corrected chi connectivity index (χ3v) is 8.48. The molecule has 0 N–H and O–H groups in total. The van der Waals surface area contributed by atoms with Gasteiger partial charge in [0.1, 0.15) is 5.82 Å². The van der Waals surface area contributed by atoms with E-state index < -0.39 is 0 Å². The highest BCUT2D eigenvalue weighted by Gasteiger charge is 2.37. The minimum Gasteiger partial charge on any atom is -0.310 e. The second-order valence-electron chi connectivity index (χ2n) is 11.2. The summed E-state index contributed by atoms with van der Waals surface area (Å²) in [6, 6.07) is 43.2. The Kier molecular flexibility index (Phi) is 5.13. The fourth-order valence-electron chi connectivity index (χ4n) is 6.52. The van der Waals surface area contributed by atoms with Crippen LogP contribution in [0.3, 0.4) is 0 Å². The molecule has 3 aromatic heterocycles. The fourth-order valence-corrected chi connectivity index (χ4v) is 6.52. The molecule has 0 fully saturated rings. The molecule has 0 saturated heterocycles. The van der Waals surface area contributed by atoms with Crippen molar-refractivity contribution in [1.29, 1.82) is 0 Å². The average Bonchev–Trinajstić information content (AvgIpc) is 3.35. The SMILES string of the molecule is CC1(C)c2ccccc2N(c2ccc3c4ccccc4n(-c4ccccn4)c3c2)c2cc(-c3ccccn3)ccc21. The third-order valence-electron chi connectivity index (χ3n) is 8.48. The number of aromatic nitrogens is 3. The first-order valence-electron chi connectivity index (χ1n) is 14.0. The summed E-state index contributed by atoms with van der Waals surface area (Å²) >= 11 is 0. The summed E-state index contributed by atoms with van der Waals surface area (Å²) in [6.07, 6.45) is 3.72. The van der Waals surface area contributed by atoms with E-state index in [9.17, 15) is 0 Å². The summed E-state index contributed by atoms with van der Waals surface area (Å²) in [5.41, 5.74) is 10.3. The van der Waals surface area contributed by atoms with Crippen LogP contribution in [0.1, 0.15) is 25.0 Å². The van der Waals surface area contributed by atoms with Crippen molar-refractivity contribution in [2.24, 2.45) is 0 Å². The first kappa shape index (κ1) is 23.6. The van der Waals surface area contributed by atoms with Crippen molar-refractivity contribution in [3.05, 3.63) is 145 Å². The number of para-hydroxylation sites is 2. The van der Waals surface area contributed by atoms with Crippen LogP contribution in [-0.2, 0) is 5.41 Å². The van der Waals surface area contributed by atoms with Crippen LogP contribution in [0.2, 0.25) is 0 Å². The van der Waals surface area contributed by atoms with Crippen LogP contribution in [0.15, 0.2) is 134 Å². The van der Waals surface area contributed by atoms with Crippen LogP contribution in [0.4, 0.5) is 17.1 Å². The van der Waals surface area contributed by atoms with Crippen molar-refractivity contribution in [2.45, 2.75) is 19.3 Å². The fraction of sp³-hybridized carbons (Fsp3) is 0.0811. The molecule has 1 aliphatic heterocycles. The van der Waals surface area contributed by atoms with Gasteiger partial charge in [-0.1, -0.05) is 80.6 Å². The number of nitrogens with zero attached hydrogens (tertiary/aromatic N) is 4. The molecule has 4 aromatic carbocycles. The van der Waals surface area contributed by atoms with Crippen LogP contribution in [0.25, 0.3) is 38.9 Å². The van der Waals surface area contributed by atoms with Gasteiger partial charge in [-0.3, -0.25) is 9.55 Å². The van der Waals surface area contributed by atoms with Gasteiger partial charge in [0.2, 0.25) is 0 Å². The molecular weight excluding hydrogens is 500 g/mol. The van der Waals surface area contributed by atoms with Gasteiger partial charge in [-0.05, 0) is 65.7 Å². The van der Waals surface area contributed by atoms with Crippen molar-refractivity contribution >= 4 is 38.9 Å². The highest BCUT2D eigenvalue weighted by Crippen LogP contribution is 2.53. The summed E-state index contributed by atoms with van der Waals surface area (Å²) in [6.45, 7) is 4.65. The maximum Gasteiger partial charge on any atom is 0.137 e. The second-order valence-corrected chi connectivity index (χ2v) is 11.2. The van der Waals surface area contributed by atoms with Gasteiger partial charge in [0, 0.05) is 39.8 Å². The number of benzene rings is 4. The van der Waals surface area contributed by atoms with Crippen molar-refractivity contribution in [2.75, 3.05) is 4.90 Å². The maximum atomic E-state index is 4.74. The first-order valence-corrected chi connectivity index (χ1v) is 14.0. The van der Waals surface area contributed by atoms with E-state index in [1.54, 1.807) is 0 Å². The standard InChI is InChI=1S/C37H28N4/c1-37(2)29-12-4-6-15-33(29)40(35-23-25(17-20-30(35)37)31-13-7-9-21-38-31)26-18-19-28-27-11-3-5-14-32(27)41(34(28)24-26)36-16-8-10-22-39-36/h3-24H,1-2H3. The van der Waals surface area contributed by atoms with Gasteiger partial charge in [0.25, 0.3) is 0 Å². The third kappa shape index (κ3) is 3.54. The summed E-state index contributed by atoms with van der Waals surface area (Å²) in [4.78, 5) is 11.8.